The van der Waals surface area contributed by atoms with E-state index in [1.54, 1.807) is 43.9 Å². The van der Waals surface area contributed by atoms with Crippen molar-refractivity contribution in [1.29, 1.82) is 0 Å². The van der Waals surface area contributed by atoms with Crippen LogP contribution in [0.2, 0.25) is 5.02 Å². The Morgan fingerprint density at radius 3 is 2.30 bits per heavy atom. The lowest BCUT2D eigenvalue weighted by Gasteiger charge is -2.34. The monoisotopic (exact) mass is 394 g/mol. The lowest BCUT2D eigenvalue weighted by atomic mass is 9.96. The number of carbonyl (C=O) groups excluding carboxylic acids is 3. The van der Waals surface area contributed by atoms with Gasteiger partial charge in [-0.25, -0.2) is 0 Å². The number of piperazine rings is 1. The Hall–Kier alpha value is -2.12. The van der Waals surface area contributed by atoms with Crippen LogP contribution < -0.4 is 10.6 Å². The van der Waals surface area contributed by atoms with E-state index < -0.39 is 5.41 Å². The molecular weight excluding hydrogens is 368 g/mol. The summed E-state index contributed by atoms with van der Waals surface area (Å²) in [6.07, 6.45) is 0. The molecule has 0 unspecified atom stereocenters. The Balaban J connectivity index is 1.73. The normalized spacial score (nSPS) is 15.3. The molecule has 0 atom stereocenters. The topological polar surface area (TPSA) is 81.8 Å². The number of benzene rings is 1. The Morgan fingerprint density at radius 2 is 1.70 bits per heavy atom. The van der Waals surface area contributed by atoms with Crippen LogP contribution in [0.15, 0.2) is 24.3 Å². The standard InChI is InChI=1S/C19H27ClN4O3/c1-19(2,3)18(27)21-12-17(26)24-10-8-23(9-11-24)13-16(25)22-15-7-5-4-6-14(15)20/h4-7H,8-13H2,1-3H3,(H,21,27)(H,22,25). The zero-order valence-electron chi connectivity index (χ0n) is 16.0. The molecule has 2 N–H and O–H groups in total. The third kappa shape index (κ3) is 6.52. The van der Waals surface area contributed by atoms with Crippen LogP contribution in [0, 0.1) is 5.41 Å². The van der Waals surface area contributed by atoms with Crippen molar-refractivity contribution in [3.8, 4) is 0 Å². The van der Waals surface area contributed by atoms with Gasteiger partial charge in [-0.05, 0) is 12.1 Å². The van der Waals surface area contributed by atoms with Crippen molar-refractivity contribution in [1.82, 2.24) is 15.1 Å². The molecule has 0 radical (unpaired) electrons. The second-order valence-electron chi connectivity index (χ2n) is 7.62. The van der Waals surface area contributed by atoms with Gasteiger partial charge in [-0.3, -0.25) is 19.3 Å². The fraction of sp³-hybridized carbons (Fsp3) is 0.526. The minimum Gasteiger partial charge on any atom is -0.347 e. The van der Waals surface area contributed by atoms with Crippen molar-refractivity contribution >= 4 is 35.0 Å². The first-order valence-corrected chi connectivity index (χ1v) is 9.37. The molecular formula is C19H27ClN4O3. The lowest BCUT2D eigenvalue weighted by molar-refractivity contribution is -0.136. The summed E-state index contributed by atoms with van der Waals surface area (Å²) in [6.45, 7) is 7.94. The van der Waals surface area contributed by atoms with Gasteiger partial charge in [0.25, 0.3) is 0 Å². The predicted molar refractivity (Wildman–Crippen MR) is 106 cm³/mol. The Bertz CT molecular complexity index is 694. The molecule has 1 saturated heterocycles. The largest absolute Gasteiger partial charge is 0.347 e. The first-order valence-electron chi connectivity index (χ1n) is 8.99. The molecule has 2 rings (SSSR count). The number of nitrogens with zero attached hydrogens (tertiary/aromatic N) is 2. The number of carbonyl (C=O) groups is 3. The Morgan fingerprint density at radius 1 is 1.07 bits per heavy atom. The molecule has 1 aliphatic heterocycles. The number of amides is 3. The van der Waals surface area contributed by atoms with Crippen molar-refractivity contribution in [3.05, 3.63) is 29.3 Å². The van der Waals surface area contributed by atoms with Crippen LogP contribution in [0.3, 0.4) is 0 Å². The summed E-state index contributed by atoms with van der Waals surface area (Å²) in [5, 5.41) is 5.97. The molecule has 0 saturated carbocycles. The third-order valence-corrected chi connectivity index (χ3v) is 4.65. The second-order valence-corrected chi connectivity index (χ2v) is 8.02. The van der Waals surface area contributed by atoms with Gasteiger partial charge in [0.2, 0.25) is 17.7 Å². The molecule has 1 heterocycles. The van der Waals surface area contributed by atoms with Crippen molar-refractivity contribution < 1.29 is 14.4 Å². The van der Waals surface area contributed by atoms with Crippen LogP contribution in [0.5, 0.6) is 0 Å². The van der Waals surface area contributed by atoms with Gasteiger partial charge in [0.05, 0.1) is 23.8 Å². The van der Waals surface area contributed by atoms with Gasteiger partial charge in [0.1, 0.15) is 0 Å². The first-order chi connectivity index (χ1) is 12.7. The van der Waals surface area contributed by atoms with E-state index in [1.165, 1.54) is 0 Å². The summed E-state index contributed by atoms with van der Waals surface area (Å²) in [4.78, 5) is 40.0. The second kappa shape index (κ2) is 9.19. The minimum atomic E-state index is -0.520. The number of hydrogen-bond acceptors (Lipinski definition) is 4. The number of rotatable bonds is 5. The SMILES string of the molecule is CC(C)(C)C(=O)NCC(=O)N1CCN(CC(=O)Nc2ccccc2Cl)CC1. The molecule has 0 spiro atoms. The Labute approximate surface area is 165 Å². The molecule has 1 aromatic carbocycles. The summed E-state index contributed by atoms with van der Waals surface area (Å²) in [6, 6.07) is 7.09. The molecule has 7 nitrogen and oxygen atoms in total. The molecule has 0 aliphatic carbocycles. The number of anilines is 1. The molecule has 0 aromatic heterocycles. The maximum absolute atomic E-state index is 12.2. The van der Waals surface area contributed by atoms with E-state index >= 15 is 0 Å². The highest BCUT2D eigenvalue weighted by Crippen LogP contribution is 2.20. The summed E-state index contributed by atoms with van der Waals surface area (Å²) >= 11 is 6.04. The zero-order chi connectivity index (χ0) is 20.0. The smallest absolute Gasteiger partial charge is 0.242 e. The van der Waals surface area contributed by atoms with Gasteiger partial charge in [-0.1, -0.05) is 44.5 Å². The summed E-state index contributed by atoms with van der Waals surface area (Å²) in [5.74, 6) is -0.390. The van der Waals surface area contributed by atoms with E-state index in [0.717, 1.165) is 0 Å². The van der Waals surface area contributed by atoms with Crippen LogP contribution in [0.25, 0.3) is 0 Å². The van der Waals surface area contributed by atoms with E-state index in [-0.39, 0.29) is 30.8 Å². The molecule has 1 aromatic rings. The van der Waals surface area contributed by atoms with E-state index in [1.807, 2.05) is 11.0 Å². The van der Waals surface area contributed by atoms with Crippen LogP contribution in [-0.2, 0) is 14.4 Å². The number of nitrogens with one attached hydrogen (secondary N) is 2. The van der Waals surface area contributed by atoms with Gasteiger partial charge in [0, 0.05) is 31.6 Å². The van der Waals surface area contributed by atoms with E-state index in [2.05, 4.69) is 10.6 Å². The fourth-order valence-electron chi connectivity index (χ4n) is 2.64. The molecule has 1 aliphatic rings. The maximum Gasteiger partial charge on any atom is 0.242 e. The summed E-state index contributed by atoms with van der Waals surface area (Å²) < 4.78 is 0. The number of hydrogen-bond donors (Lipinski definition) is 2. The summed E-state index contributed by atoms with van der Waals surface area (Å²) in [7, 11) is 0. The third-order valence-electron chi connectivity index (χ3n) is 4.32. The van der Waals surface area contributed by atoms with Crippen LogP contribution in [-0.4, -0.2) is 66.8 Å². The van der Waals surface area contributed by atoms with E-state index in [0.29, 0.717) is 36.9 Å². The van der Waals surface area contributed by atoms with Crippen molar-refractivity contribution in [3.63, 3.8) is 0 Å². The molecule has 27 heavy (non-hydrogen) atoms. The highest BCUT2D eigenvalue weighted by Gasteiger charge is 2.25. The Kier molecular flexibility index (Phi) is 7.21. The van der Waals surface area contributed by atoms with Gasteiger partial charge >= 0.3 is 0 Å². The minimum absolute atomic E-state index is 0.00307. The summed E-state index contributed by atoms with van der Waals surface area (Å²) in [5.41, 5.74) is 0.0705. The molecule has 8 heteroatoms. The van der Waals surface area contributed by atoms with Crippen LogP contribution >= 0.6 is 11.6 Å². The molecule has 148 valence electrons. The highest BCUT2D eigenvalue weighted by atomic mass is 35.5. The number of halogens is 1. The quantitative estimate of drug-likeness (QED) is 0.794. The van der Waals surface area contributed by atoms with Crippen LogP contribution in [0.1, 0.15) is 20.8 Å². The van der Waals surface area contributed by atoms with Crippen molar-refractivity contribution in [2.45, 2.75) is 20.8 Å². The zero-order valence-corrected chi connectivity index (χ0v) is 16.8. The van der Waals surface area contributed by atoms with Gasteiger partial charge in [0.15, 0.2) is 0 Å². The van der Waals surface area contributed by atoms with E-state index in [4.69, 9.17) is 11.6 Å². The van der Waals surface area contributed by atoms with Crippen LogP contribution in [0.4, 0.5) is 5.69 Å². The first kappa shape index (κ1) is 21.2. The maximum atomic E-state index is 12.2. The average molecular weight is 395 g/mol. The van der Waals surface area contributed by atoms with Crippen molar-refractivity contribution in [2.75, 3.05) is 44.6 Å². The highest BCUT2D eigenvalue weighted by molar-refractivity contribution is 6.33. The molecule has 1 fully saturated rings. The van der Waals surface area contributed by atoms with Gasteiger partial charge in [-0.15, -0.1) is 0 Å². The lowest BCUT2D eigenvalue weighted by Crippen LogP contribution is -2.53. The van der Waals surface area contributed by atoms with Crippen molar-refractivity contribution in [2.24, 2.45) is 5.41 Å². The molecule has 0 bridgehead atoms. The van der Waals surface area contributed by atoms with E-state index in [9.17, 15) is 14.4 Å². The predicted octanol–water partition coefficient (Wildman–Crippen LogP) is 1.59. The molecule has 3 amide bonds. The fourth-order valence-corrected chi connectivity index (χ4v) is 2.83. The van der Waals surface area contributed by atoms with Gasteiger partial charge in [-0.2, -0.15) is 0 Å². The van der Waals surface area contributed by atoms with Gasteiger partial charge < -0.3 is 15.5 Å². The number of para-hydroxylation sites is 1. The average Bonchev–Trinajstić information content (AvgIpc) is 2.61.